The quantitative estimate of drug-likeness (QED) is 0.743. The summed E-state index contributed by atoms with van der Waals surface area (Å²) in [4.78, 5) is 24.1. The van der Waals surface area contributed by atoms with Gasteiger partial charge in [-0.25, -0.2) is 4.39 Å². The van der Waals surface area contributed by atoms with E-state index < -0.39 is 23.7 Å². The Balaban J connectivity index is 2.27. The predicted molar refractivity (Wildman–Crippen MR) is 92.4 cm³/mol. The average molecular weight is 415 g/mol. The molecule has 0 aliphatic carbocycles. The molecule has 0 bridgehead atoms. The molecule has 0 spiro atoms. The first-order valence-corrected chi connectivity index (χ1v) is 8.16. The van der Waals surface area contributed by atoms with E-state index in [2.05, 4.69) is 26.0 Å². The van der Waals surface area contributed by atoms with Gasteiger partial charge in [-0.3, -0.25) is 9.59 Å². The van der Waals surface area contributed by atoms with Gasteiger partial charge in [-0.05, 0) is 51.8 Å². The first-order valence-electron chi connectivity index (χ1n) is 6.99. The maximum atomic E-state index is 13.4. The van der Waals surface area contributed by atoms with Crippen LogP contribution in [0.2, 0.25) is 5.02 Å². The molecule has 0 heterocycles. The molecule has 2 aromatic carbocycles. The molecule has 1 atom stereocenters. The van der Waals surface area contributed by atoms with Crippen molar-refractivity contribution in [1.29, 1.82) is 0 Å². The lowest BCUT2D eigenvalue weighted by Crippen LogP contribution is -2.30. The molecule has 126 valence electrons. The van der Waals surface area contributed by atoms with E-state index in [-0.39, 0.29) is 12.0 Å². The van der Waals surface area contributed by atoms with E-state index in [0.29, 0.717) is 15.1 Å². The van der Waals surface area contributed by atoms with Crippen molar-refractivity contribution < 1.29 is 18.7 Å². The molecule has 7 heteroatoms. The molecule has 24 heavy (non-hydrogen) atoms. The number of rotatable bonds is 5. The molecular formula is C17H14BrClFNO3. The molecule has 0 saturated carbocycles. The molecule has 0 fully saturated rings. The van der Waals surface area contributed by atoms with Crippen molar-refractivity contribution in [2.75, 3.05) is 7.11 Å². The molecule has 0 radical (unpaired) electrons. The Bertz CT molecular complexity index is 752. The van der Waals surface area contributed by atoms with Crippen LogP contribution < -0.4 is 5.32 Å². The van der Waals surface area contributed by atoms with Gasteiger partial charge in [0.15, 0.2) is 0 Å². The highest BCUT2D eigenvalue weighted by Gasteiger charge is 2.21. The Morgan fingerprint density at radius 2 is 1.92 bits per heavy atom. The number of hydrogen-bond donors (Lipinski definition) is 1. The lowest BCUT2D eigenvalue weighted by molar-refractivity contribution is -0.141. The van der Waals surface area contributed by atoms with E-state index in [4.69, 9.17) is 11.6 Å². The first-order chi connectivity index (χ1) is 11.4. The second-order valence-corrected chi connectivity index (χ2v) is 6.27. The van der Waals surface area contributed by atoms with E-state index in [0.717, 1.165) is 6.07 Å². The van der Waals surface area contributed by atoms with Crippen LogP contribution in [0.3, 0.4) is 0 Å². The number of esters is 1. The van der Waals surface area contributed by atoms with Gasteiger partial charge in [-0.2, -0.15) is 0 Å². The van der Waals surface area contributed by atoms with Crippen molar-refractivity contribution in [3.05, 3.63) is 68.9 Å². The summed E-state index contributed by atoms with van der Waals surface area (Å²) in [5.41, 5.74) is 0.824. The average Bonchev–Trinajstić information content (AvgIpc) is 2.56. The monoisotopic (exact) mass is 413 g/mol. The maximum absolute atomic E-state index is 13.4. The zero-order valence-corrected chi connectivity index (χ0v) is 15.0. The van der Waals surface area contributed by atoms with Crippen LogP contribution in [0.4, 0.5) is 4.39 Å². The van der Waals surface area contributed by atoms with Gasteiger partial charge < -0.3 is 10.1 Å². The number of nitrogens with one attached hydrogen (secondary N) is 1. The number of ether oxygens (including phenoxy) is 1. The molecule has 0 aliphatic heterocycles. The van der Waals surface area contributed by atoms with Crippen LogP contribution in [0.25, 0.3) is 0 Å². The number of halogens is 3. The van der Waals surface area contributed by atoms with Crippen molar-refractivity contribution in [2.45, 2.75) is 12.5 Å². The predicted octanol–water partition coefficient (Wildman–Crippen LogP) is 4.28. The van der Waals surface area contributed by atoms with E-state index in [9.17, 15) is 14.0 Å². The van der Waals surface area contributed by atoms with Gasteiger partial charge in [0.2, 0.25) is 0 Å². The summed E-state index contributed by atoms with van der Waals surface area (Å²) in [6, 6.07) is 9.91. The number of carbonyl (C=O) groups excluding carboxylic acids is 2. The lowest BCUT2D eigenvalue weighted by Gasteiger charge is -2.19. The molecule has 1 amide bonds. The highest BCUT2D eigenvalue weighted by Crippen LogP contribution is 2.23. The Kier molecular flexibility index (Phi) is 6.34. The third-order valence-electron chi connectivity index (χ3n) is 3.35. The van der Waals surface area contributed by atoms with E-state index in [1.54, 1.807) is 24.3 Å². The third-order valence-corrected chi connectivity index (χ3v) is 4.29. The lowest BCUT2D eigenvalue weighted by atomic mass is 10.0. The highest BCUT2D eigenvalue weighted by atomic mass is 79.9. The standard InChI is InChI=1S/C17H14BrClFNO3/c1-24-16(22)9-15(10-2-4-11(19)5-3-10)21-17(23)13-8-12(20)6-7-14(13)18/h2-8,15H,9H2,1H3,(H,21,23). The van der Waals surface area contributed by atoms with Crippen LogP contribution in [0, 0.1) is 5.82 Å². The van der Waals surface area contributed by atoms with Gasteiger partial charge in [0.25, 0.3) is 5.91 Å². The number of benzene rings is 2. The van der Waals surface area contributed by atoms with Crippen molar-refractivity contribution >= 4 is 39.4 Å². The molecular weight excluding hydrogens is 401 g/mol. The van der Waals surface area contributed by atoms with Gasteiger partial charge in [0.05, 0.1) is 25.1 Å². The van der Waals surface area contributed by atoms with Crippen LogP contribution in [0.15, 0.2) is 46.9 Å². The molecule has 2 aromatic rings. The van der Waals surface area contributed by atoms with E-state index >= 15 is 0 Å². The zero-order valence-electron chi connectivity index (χ0n) is 12.7. The number of amides is 1. The fourth-order valence-corrected chi connectivity index (χ4v) is 2.66. The van der Waals surface area contributed by atoms with E-state index in [1.165, 1.54) is 19.2 Å². The summed E-state index contributed by atoms with van der Waals surface area (Å²) in [7, 11) is 1.27. The van der Waals surface area contributed by atoms with Crippen molar-refractivity contribution in [1.82, 2.24) is 5.32 Å². The molecule has 2 rings (SSSR count). The van der Waals surface area contributed by atoms with Crippen molar-refractivity contribution in [2.24, 2.45) is 0 Å². The van der Waals surface area contributed by atoms with Gasteiger partial charge in [0, 0.05) is 9.50 Å². The minimum atomic E-state index is -0.627. The number of carbonyl (C=O) groups is 2. The first kappa shape index (κ1) is 18.4. The number of hydrogen-bond acceptors (Lipinski definition) is 3. The van der Waals surface area contributed by atoms with Gasteiger partial charge in [0.1, 0.15) is 5.82 Å². The Labute approximate surface area is 152 Å². The molecule has 4 nitrogen and oxygen atoms in total. The Morgan fingerprint density at radius 3 is 2.54 bits per heavy atom. The van der Waals surface area contributed by atoms with Crippen LogP contribution >= 0.6 is 27.5 Å². The summed E-state index contributed by atoms with van der Waals surface area (Å²) < 4.78 is 18.5. The van der Waals surface area contributed by atoms with Gasteiger partial charge >= 0.3 is 5.97 Å². The van der Waals surface area contributed by atoms with Crippen LogP contribution in [-0.2, 0) is 9.53 Å². The number of methoxy groups -OCH3 is 1. The van der Waals surface area contributed by atoms with Crippen molar-refractivity contribution in [3.8, 4) is 0 Å². The SMILES string of the molecule is COC(=O)CC(NC(=O)c1cc(F)ccc1Br)c1ccc(Cl)cc1. The van der Waals surface area contributed by atoms with Gasteiger partial charge in [-0.1, -0.05) is 23.7 Å². The molecule has 0 saturated heterocycles. The van der Waals surface area contributed by atoms with Crippen LogP contribution in [0.1, 0.15) is 28.4 Å². The summed E-state index contributed by atoms with van der Waals surface area (Å²) >= 11 is 9.08. The Hall–Kier alpha value is -1.92. The molecule has 0 aromatic heterocycles. The molecule has 1 N–H and O–H groups in total. The second kappa shape index (κ2) is 8.26. The Morgan fingerprint density at radius 1 is 1.25 bits per heavy atom. The largest absolute Gasteiger partial charge is 0.469 e. The fraction of sp³-hybridized carbons (Fsp3) is 0.176. The molecule has 1 unspecified atom stereocenters. The summed E-state index contributed by atoms with van der Waals surface area (Å²) in [5, 5.41) is 3.26. The third kappa shape index (κ3) is 4.79. The summed E-state index contributed by atoms with van der Waals surface area (Å²) in [5.74, 6) is -1.52. The van der Waals surface area contributed by atoms with E-state index in [1.807, 2.05) is 0 Å². The zero-order chi connectivity index (χ0) is 17.7. The van der Waals surface area contributed by atoms with Gasteiger partial charge in [-0.15, -0.1) is 0 Å². The summed E-state index contributed by atoms with van der Waals surface area (Å²) in [6.07, 6.45) is -0.0587. The second-order valence-electron chi connectivity index (χ2n) is 4.98. The normalized spacial score (nSPS) is 11.7. The molecule has 0 aliphatic rings. The minimum Gasteiger partial charge on any atom is -0.469 e. The topological polar surface area (TPSA) is 55.4 Å². The smallest absolute Gasteiger partial charge is 0.307 e. The van der Waals surface area contributed by atoms with Crippen LogP contribution in [0.5, 0.6) is 0 Å². The van der Waals surface area contributed by atoms with Crippen LogP contribution in [-0.4, -0.2) is 19.0 Å². The highest BCUT2D eigenvalue weighted by molar-refractivity contribution is 9.10. The fourth-order valence-electron chi connectivity index (χ4n) is 2.10. The minimum absolute atomic E-state index is 0.0587. The maximum Gasteiger partial charge on any atom is 0.307 e. The van der Waals surface area contributed by atoms with Crippen molar-refractivity contribution in [3.63, 3.8) is 0 Å². The summed E-state index contributed by atoms with van der Waals surface area (Å²) in [6.45, 7) is 0.